The number of carbonyl (C=O) groups excluding carboxylic acids is 1. The van der Waals surface area contributed by atoms with Crippen LogP contribution in [0.4, 0.5) is 16.3 Å². The van der Waals surface area contributed by atoms with Crippen molar-refractivity contribution in [3.8, 4) is 0 Å². The van der Waals surface area contributed by atoms with E-state index in [1.54, 1.807) is 32.9 Å². The van der Waals surface area contributed by atoms with Gasteiger partial charge in [0.25, 0.3) is 0 Å². The van der Waals surface area contributed by atoms with Gasteiger partial charge in [-0.05, 0) is 20.8 Å². The van der Waals surface area contributed by atoms with E-state index in [0.717, 1.165) is 12.3 Å². The number of aromatic nitrogens is 1. The molecule has 3 N–H and O–H groups in total. The maximum Gasteiger partial charge on any atom is 0.407 e. The van der Waals surface area contributed by atoms with Crippen LogP contribution in [0.5, 0.6) is 0 Å². The van der Waals surface area contributed by atoms with E-state index in [1.165, 1.54) is 0 Å². The Morgan fingerprint density at radius 2 is 2.00 bits per heavy atom. The second kappa shape index (κ2) is 8.62. The molecule has 1 heterocycles. The highest BCUT2D eigenvalue weighted by Crippen LogP contribution is 2.22. The third-order valence-corrected chi connectivity index (χ3v) is 2.63. The molecule has 0 radical (unpaired) electrons. The number of carboxylic acid groups (broad SMARTS) is 1. The van der Waals surface area contributed by atoms with Crippen molar-refractivity contribution >= 4 is 23.6 Å². The Labute approximate surface area is 144 Å². The lowest BCUT2D eigenvalue weighted by atomic mass is 10.2. The van der Waals surface area contributed by atoms with Crippen LogP contribution in [0.2, 0.25) is 0 Å². The zero-order valence-corrected chi connectivity index (χ0v) is 14.1. The fourth-order valence-electron chi connectivity index (χ4n) is 1.62. The van der Waals surface area contributed by atoms with Gasteiger partial charge in [0.05, 0.1) is 10.5 Å². The summed E-state index contributed by atoms with van der Waals surface area (Å²) in [5.41, 5.74) is -1.28. The minimum Gasteiger partial charge on any atom is -0.478 e. The van der Waals surface area contributed by atoms with Crippen LogP contribution < -0.4 is 10.6 Å². The number of pyridine rings is 1. The normalized spacial score (nSPS) is 11.2. The van der Waals surface area contributed by atoms with Gasteiger partial charge in [-0.1, -0.05) is 12.2 Å². The van der Waals surface area contributed by atoms with Crippen molar-refractivity contribution in [1.29, 1.82) is 0 Å². The molecule has 10 heteroatoms. The number of anilines is 1. The maximum absolute atomic E-state index is 11.4. The first kappa shape index (κ1) is 19.9. The zero-order valence-electron chi connectivity index (χ0n) is 14.1. The Bertz CT molecular complexity index is 681. The molecule has 136 valence electrons. The number of rotatable bonds is 7. The summed E-state index contributed by atoms with van der Waals surface area (Å²) in [7, 11) is 0. The minimum absolute atomic E-state index is 0.0419. The molecule has 0 aliphatic carbocycles. The molecule has 0 fully saturated rings. The van der Waals surface area contributed by atoms with Crippen molar-refractivity contribution in [2.24, 2.45) is 0 Å². The number of alkyl carbamates (subject to hydrolysis) is 1. The average molecular weight is 352 g/mol. The molecular formula is C15H20N4O6. The van der Waals surface area contributed by atoms with Crippen LogP contribution in [0.15, 0.2) is 24.4 Å². The van der Waals surface area contributed by atoms with E-state index >= 15 is 0 Å². The highest BCUT2D eigenvalue weighted by molar-refractivity contribution is 5.88. The molecule has 0 aliphatic heterocycles. The average Bonchev–Trinajstić information content (AvgIpc) is 2.48. The molecule has 10 nitrogen and oxygen atoms in total. The van der Waals surface area contributed by atoms with Crippen molar-refractivity contribution in [3.05, 3.63) is 40.1 Å². The summed E-state index contributed by atoms with van der Waals surface area (Å²) in [4.78, 5) is 36.2. The number of nitro groups is 1. The molecule has 0 saturated heterocycles. The molecule has 1 amide bonds. The van der Waals surface area contributed by atoms with E-state index < -0.39 is 28.3 Å². The van der Waals surface area contributed by atoms with Crippen molar-refractivity contribution in [1.82, 2.24) is 10.3 Å². The van der Waals surface area contributed by atoms with Gasteiger partial charge < -0.3 is 20.5 Å². The van der Waals surface area contributed by atoms with E-state index in [2.05, 4.69) is 15.6 Å². The summed E-state index contributed by atoms with van der Waals surface area (Å²) >= 11 is 0. The number of ether oxygens (including phenoxy) is 1. The van der Waals surface area contributed by atoms with Crippen molar-refractivity contribution in [2.75, 3.05) is 18.4 Å². The van der Waals surface area contributed by atoms with E-state index in [9.17, 15) is 19.7 Å². The minimum atomic E-state index is -1.30. The van der Waals surface area contributed by atoms with Gasteiger partial charge >= 0.3 is 17.7 Å². The number of aromatic carboxylic acids is 1. The smallest absolute Gasteiger partial charge is 0.407 e. The highest BCUT2D eigenvalue weighted by Gasteiger charge is 2.18. The first-order valence-corrected chi connectivity index (χ1v) is 7.33. The van der Waals surface area contributed by atoms with Crippen LogP contribution in [0.1, 0.15) is 31.1 Å². The second-order valence-corrected chi connectivity index (χ2v) is 5.89. The van der Waals surface area contributed by atoms with Gasteiger partial charge in [0.15, 0.2) is 0 Å². The highest BCUT2D eigenvalue weighted by atomic mass is 16.6. The first-order valence-electron chi connectivity index (χ1n) is 7.33. The van der Waals surface area contributed by atoms with E-state index in [0.29, 0.717) is 0 Å². The Balaban J connectivity index is 2.52. The number of amides is 1. The molecule has 0 atom stereocenters. The zero-order chi connectivity index (χ0) is 19.0. The molecule has 0 unspecified atom stereocenters. The van der Waals surface area contributed by atoms with E-state index in [-0.39, 0.29) is 24.5 Å². The number of carboxylic acids is 1. The fourth-order valence-corrected chi connectivity index (χ4v) is 1.62. The van der Waals surface area contributed by atoms with Gasteiger partial charge in [0.2, 0.25) is 5.82 Å². The summed E-state index contributed by atoms with van der Waals surface area (Å²) in [5, 5.41) is 25.0. The van der Waals surface area contributed by atoms with Gasteiger partial charge in [-0.2, -0.15) is 0 Å². The number of nitrogens with one attached hydrogen (secondary N) is 2. The van der Waals surface area contributed by atoms with Crippen LogP contribution in [0, 0.1) is 10.1 Å². The SMILES string of the molecule is CC(C)(C)OC(=O)NCC=CCNc1ncc(C(=O)O)cc1[N+](=O)[O-]. The lowest BCUT2D eigenvalue weighted by Gasteiger charge is -2.19. The van der Waals surface area contributed by atoms with E-state index in [4.69, 9.17) is 9.84 Å². The summed E-state index contributed by atoms with van der Waals surface area (Å²) in [6.07, 6.45) is 3.75. The van der Waals surface area contributed by atoms with Crippen LogP contribution >= 0.6 is 0 Å². The van der Waals surface area contributed by atoms with Crippen molar-refractivity contribution in [2.45, 2.75) is 26.4 Å². The van der Waals surface area contributed by atoms with Crippen LogP contribution in [0.25, 0.3) is 0 Å². The molecule has 0 bridgehead atoms. The molecule has 25 heavy (non-hydrogen) atoms. The van der Waals surface area contributed by atoms with Gasteiger partial charge in [-0.25, -0.2) is 14.6 Å². The molecular weight excluding hydrogens is 332 g/mol. The lowest BCUT2D eigenvalue weighted by Crippen LogP contribution is -2.32. The van der Waals surface area contributed by atoms with Gasteiger partial charge in [-0.3, -0.25) is 10.1 Å². The number of carbonyl (C=O) groups is 2. The monoisotopic (exact) mass is 352 g/mol. The number of nitrogens with zero attached hydrogens (tertiary/aromatic N) is 2. The Morgan fingerprint density at radius 3 is 2.56 bits per heavy atom. The predicted octanol–water partition coefficient (Wildman–Crippen LogP) is 2.18. The van der Waals surface area contributed by atoms with Crippen molar-refractivity contribution < 1.29 is 24.4 Å². The molecule has 0 saturated carbocycles. The molecule has 0 aromatic carbocycles. The topological polar surface area (TPSA) is 144 Å². The molecule has 0 spiro atoms. The standard InChI is InChI=1S/C15H20N4O6/c1-15(2,3)25-14(22)17-7-5-4-6-16-12-11(19(23)24)8-10(9-18-12)13(20)21/h4-5,8-9H,6-7H2,1-3H3,(H,16,18)(H,17,22)(H,20,21). The van der Waals surface area contributed by atoms with Crippen molar-refractivity contribution in [3.63, 3.8) is 0 Å². The first-order chi connectivity index (χ1) is 11.6. The van der Waals surface area contributed by atoms with Crippen LogP contribution in [-0.4, -0.2) is 45.8 Å². The summed E-state index contributed by atoms with van der Waals surface area (Å²) in [5.74, 6) is -1.34. The molecule has 1 rings (SSSR count). The third kappa shape index (κ3) is 7.29. The summed E-state index contributed by atoms with van der Waals surface area (Å²) < 4.78 is 5.05. The third-order valence-electron chi connectivity index (χ3n) is 2.63. The fraction of sp³-hybridized carbons (Fsp3) is 0.400. The molecule has 0 aliphatic rings. The van der Waals surface area contributed by atoms with Crippen LogP contribution in [0.3, 0.4) is 0 Å². The maximum atomic E-state index is 11.4. The molecule has 1 aromatic rings. The van der Waals surface area contributed by atoms with Gasteiger partial charge in [-0.15, -0.1) is 0 Å². The summed E-state index contributed by atoms with van der Waals surface area (Å²) in [6.45, 7) is 5.69. The summed E-state index contributed by atoms with van der Waals surface area (Å²) in [6, 6.07) is 0.936. The number of hydrogen-bond donors (Lipinski definition) is 3. The lowest BCUT2D eigenvalue weighted by molar-refractivity contribution is -0.384. The Hall–Kier alpha value is -3.17. The number of hydrogen-bond acceptors (Lipinski definition) is 7. The predicted molar refractivity (Wildman–Crippen MR) is 89.7 cm³/mol. The van der Waals surface area contributed by atoms with Crippen LogP contribution in [-0.2, 0) is 4.74 Å². The van der Waals surface area contributed by atoms with E-state index in [1.807, 2.05) is 0 Å². The van der Waals surface area contributed by atoms with Gasteiger partial charge in [0, 0.05) is 25.4 Å². The second-order valence-electron chi connectivity index (χ2n) is 5.89. The Kier molecular flexibility index (Phi) is 6.85. The Morgan fingerprint density at radius 1 is 1.36 bits per heavy atom. The quantitative estimate of drug-likeness (QED) is 0.385. The molecule has 1 aromatic heterocycles. The van der Waals surface area contributed by atoms with Gasteiger partial charge in [0.1, 0.15) is 5.60 Å². The largest absolute Gasteiger partial charge is 0.478 e.